The van der Waals surface area contributed by atoms with E-state index in [1.165, 1.54) is 0 Å². The van der Waals surface area contributed by atoms with Gasteiger partial charge in [-0.1, -0.05) is 9.97 Å². The summed E-state index contributed by atoms with van der Waals surface area (Å²) in [5.41, 5.74) is 15.2. The first-order chi connectivity index (χ1) is 6.34. The van der Waals surface area contributed by atoms with Crippen LogP contribution in [-0.4, -0.2) is 21.0 Å². The Labute approximate surface area is 78.8 Å². The Morgan fingerprint density at radius 3 is 1.93 bits per heavy atom. The molecule has 0 saturated heterocycles. The molecule has 1 heterocycles. The van der Waals surface area contributed by atoms with Crippen LogP contribution in [0.5, 0.6) is 0 Å². The Morgan fingerprint density at radius 1 is 1.36 bits per heavy atom. The molecule has 14 heavy (non-hydrogen) atoms. The van der Waals surface area contributed by atoms with E-state index in [-0.39, 0.29) is 22.6 Å². The van der Waals surface area contributed by atoms with Crippen molar-refractivity contribution in [2.24, 2.45) is 0 Å². The lowest BCUT2D eigenvalue weighted by molar-refractivity contribution is -0.579. The number of rotatable bonds is 0. The molecule has 0 amide bonds. The largest absolute Gasteiger partial charge is 0.762 e. The number of anilines is 3. The monoisotopic (exact) mass is 202 g/mol. The van der Waals surface area contributed by atoms with Crippen molar-refractivity contribution in [2.45, 2.75) is 6.92 Å². The molecule has 0 aromatic carbocycles. The molecule has 78 valence electrons. The lowest BCUT2D eigenvalue weighted by Crippen LogP contribution is -2.36. The molecule has 9 nitrogen and oxygen atoms in total. The van der Waals surface area contributed by atoms with E-state index in [0.29, 0.717) is 0 Å². The summed E-state index contributed by atoms with van der Waals surface area (Å²) < 4.78 is 0.191. The number of carbonyl (C=O) groups is 1. The van der Waals surface area contributed by atoms with Crippen molar-refractivity contribution < 1.29 is 14.6 Å². The maximum Gasteiger partial charge on any atom is 0.321 e. The van der Waals surface area contributed by atoms with E-state index in [2.05, 4.69) is 9.97 Å². The Hall–Kier alpha value is -2.32. The number of hydrogen-bond acceptors (Lipinski definition) is 7. The summed E-state index contributed by atoms with van der Waals surface area (Å²) in [6.45, 7) is 1.08. The van der Waals surface area contributed by atoms with Crippen LogP contribution in [0.3, 0.4) is 0 Å². The van der Waals surface area contributed by atoms with Crippen LogP contribution in [0, 0.1) is 5.21 Å². The molecular formula is C5H10N6O3. The molecule has 0 aliphatic heterocycles. The van der Waals surface area contributed by atoms with Crippen molar-refractivity contribution in [3.05, 3.63) is 5.21 Å². The summed E-state index contributed by atoms with van der Waals surface area (Å²) in [6, 6.07) is 0. The molecule has 1 aromatic heterocycles. The third-order valence-electron chi connectivity index (χ3n) is 0.874. The molecule has 0 radical (unpaired) electrons. The van der Waals surface area contributed by atoms with E-state index in [1.54, 1.807) is 0 Å². The van der Waals surface area contributed by atoms with E-state index < -0.39 is 5.97 Å². The predicted molar refractivity (Wildman–Crippen MR) is 47.5 cm³/mol. The first kappa shape index (κ1) is 11.7. The van der Waals surface area contributed by atoms with Crippen LogP contribution in [0.4, 0.5) is 17.8 Å². The summed E-state index contributed by atoms with van der Waals surface area (Å²) >= 11 is 0. The maximum atomic E-state index is 10.6. The van der Waals surface area contributed by atoms with Crippen LogP contribution < -0.4 is 21.9 Å². The predicted octanol–water partition coefficient (Wildman–Crippen LogP) is -2.05. The SMILES string of the molecule is CC(=O)O.Nc1nc(N)[n+]([O-])c(N)n1. The number of nitrogens with two attached hydrogens (primary N) is 3. The first-order valence-electron chi connectivity index (χ1n) is 3.32. The highest BCUT2D eigenvalue weighted by Crippen LogP contribution is 1.94. The van der Waals surface area contributed by atoms with Crippen LogP contribution in [0.1, 0.15) is 6.92 Å². The molecule has 0 saturated carbocycles. The molecule has 0 atom stereocenters. The number of nitrogen functional groups attached to an aromatic ring is 3. The van der Waals surface area contributed by atoms with Gasteiger partial charge in [0.05, 0.1) is 0 Å². The van der Waals surface area contributed by atoms with E-state index in [4.69, 9.17) is 27.1 Å². The molecule has 1 rings (SSSR count). The number of nitrogens with zero attached hydrogens (tertiary/aromatic N) is 3. The van der Waals surface area contributed by atoms with Crippen molar-refractivity contribution in [2.75, 3.05) is 17.2 Å². The van der Waals surface area contributed by atoms with Gasteiger partial charge in [0.15, 0.2) is 0 Å². The van der Waals surface area contributed by atoms with Crippen LogP contribution >= 0.6 is 0 Å². The Balaban J connectivity index is 0.000000364. The molecule has 9 heteroatoms. The van der Waals surface area contributed by atoms with Crippen LogP contribution in [0.25, 0.3) is 0 Å². The topological polar surface area (TPSA) is 168 Å². The van der Waals surface area contributed by atoms with E-state index in [0.717, 1.165) is 6.92 Å². The lowest BCUT2D eigenvalue weighted by Gasteiger charge is -2.06. The van der Waals surface area contributed by atoms with Crippen molar-refractivity contribution in [1.29, 1.82) is 0 Å². The van der Waals surface area contributed by atoms with Crippen molar-refractivity contribution in [3.8, 4) is 0 Å². The lowest BCUT2D eigenvalue weighted by atomic mass is 10.8. The van der Waals surface area contributed by atoms with E-state index >= 15 is 0 Å². The second kappa shape index (κ2) is 4.64. The zero-order valence-corrected chi connectivity index (χ0v) is 7.34. The molecule has 0 unspecified atom stereocenters. The van der Waals surface area contributed by atoms with Crippen molar-refractivity contribution in [1.82, 2.24) is 9.97 Å². The third-order valence-corrected chi connectivity index (χ3v) is 0.874. The summed E-state index contributed by atoms with van der Waals surface area (Å²) in [5, 5.41) is 18.0. The molecular weight excluding hydrogens is 192 g/mol. The smallest absolute Gasteiger partial charge is 0.321 e. The minimum Gasteiger partial charge on any atom is -0.762 e. The molecule has 1 aromatic rings. The first-order valence-corrected chi connectivity index (χ1v) is 3.32. The minimum absolute atomic E-state index is 0.109. The van der Waals surface area contributed by atoms with Gasteiger partial charge >= 0.3 is 17.8 Å². The quantitative estimate of drug-likeness (QED) is 0.275. The third kappa shape index (κ3) is 3.90. The second-order valence-corrected chi connectivity index (χ2v) is 2.11. The van der Waals surface area contributed by atoms with Crippen molar-refractivity contribution in [3.63, 3.8) is 0 Å². The van der Waals surface area contributed by atoms with Gasteiger partial charge in [-0.15, -0.1) is 0 Å². The van der Waals surface area contributed by atoms with Gasteiger partial charge in [0.25, 0.3) is 5.97 Å². The standard InChI is InChI=1S/C3H6N6O.C2H4O2/c4-1-7-2(5)9(10)3(6)8-1;1-2(3)4/h(H6,4,5,6,7,8);1H3,(H,3,4). The highest BCUT2D eigenvalue weighted by atomic mass is 16.5. The van der Waals surface area contributed by atoms with Gasteiger partial charge in [0.2, 0.25) is 0 Å². The highest BCUT2D eigenvalue weighted by molar-refractivity contribution is 5.62. The fourth-order valence-electron chi connectivity index (χ4n) is 0.468. The van der Waals surface area contributed by atoms with Gasteiger partial charge in [-0.3, -0.25) is 4.79 Å². The number of aliphatic carboxylic acids is 1. The number of aromatic nitrogens is 3. The summed E-state index contributed by atoms with van der Waals surface area (Å²) in [4.78, 5) is 15.7. The van der Waals surface area contributed by atoms with Gasteiger partial charge in [-0.2, -0.15) is 0 Å². The molecule has 0 aliphatic carbocycles. The Morgan fingerprint density at radius 2 is 1.64 bits per heavy atom. The van der Waals surface area contributed by atoms with Gasteiger partial charge in [0.1, 0.15) is 0 Å². The molecule has 0 fully saturated rings. The van der Waals surface area contributed by atoms with Gasteiger partial charge in [-0.25, -0.2) is 4.73 Å². The maximum absolute atomic E-state index is 10.6. The number of carboxylic acids is 1. The summed E-state index contributed by atoms with van der Waals surface area (Å²) in [7, 11) is 0. The van der Waals surface area contributed by atoms with Crippen LogP contribution in [0.2, 0.25) is 0 Å². The van der Waals surface area contributed by atoms with Gasteiger partial charge in [0, 0.05) is 6.92 Å². The average molecular weight is 202 g/mol. The van der Waals surface area contributed by atoms with Crippen LogP contribution in [-0.2, 0) is 4.79 Å². The number of hydrogen-bond donors (Lipinski definition) is 4. The Bertz CT molecular complexity index is 313. The molecule has 0 aliphatic rings. The summed E-state index contributed by atoms with van der Waals surface area (Å²) in [6.07, 6.45) is 0. The van der Waals surface area contributed by atoms with Gasteiger partial charge in [-0.05, 0) is 0 Å². The normalized spacial score (nSPS) is 8.64. The second-order valence-electron chi connectivity index (χ2n) is 2.11. The van der Waals surface area contributed by atoms with Crippen molar-refractivity contribution >= 4 is 23.8 Å². The van der Waals surface area contributed by atoms with Crippen LogP contribution in [0.15, 0.2) is 0 Å². The Kier molecular flexibility index (Phi) is 3.87. The molecule has 0 spiro atoms. The molecule has 7 N–H and O–H groups in total. The fourth-order valence-corrected chi connectivity index (χ4v) is 0.468. The summed E-state index contributed by atoms with van der Waals surface area (Å²) in [5.74, 6) is -1.54. The average Bonchev–Trinajstić information content (AvgIpc) is 1.98. The minimum atomic E-state index is -0.833. The molecule has 0 bridgehead atoms. The highest BCUT2D eigenvalue weighted by Gasteiger charge is 2.05. The van der Waals surface area contributed by atoms with E-state index in [1.807, 2.05) is 0 Å². The number of carboxylic acid groups (broad SMARTS) is 1. The van der Waals surface area contributed by atoms with E-state index in [9.17, 15) is 5.21 Å². The zero-order valence-electron chi connectivity index (χ0n) is 7.34. The zero-order chi connectivity index (χ0) is 11.3. The van der Waals surface area contributed by atoms with Gasteiger partial charge < -0.3 is 27.5 Å². The fraction of sp³-hybridized carbons (Fsp3) is 0.200.